The predicted molar refractivity (Wildman–Crippen MR) is 129 cm³/mol. The van der Waals surface area contributed by atoms with Crippen molar-refractivity contribution in [1.82, 2.24) is 4.57 Å². The van der Waals surface area contributed by atoms with Crippen LogP contribution in [0.3, 0.4) is 0 Å². The first kappa shape index (κ1) is 23.6. The average molecular weight is 455 g/mol. The van der Waals surface area contributed by atoms with Crippen LogP contribution in [0.2, 0.25) is 0 Å². The van der Waals surface area contributed by atoms with E-state index < -0.39 is 0 Å². The summed E-state index contributed by atoms with van der Waals surface area (Å²) in [5.74, 6) is 1.09. The number of aromatic nitrogens is 1. The number of carbonyl (C=O) groups is 1. The zero-order valence-electron chi connectivity index (χ0n) is 19.1. The van der Waals surface area contributed by atoms with Crippen molar-refractivity contribution in [3.05, 3.63) is 58.9 Å². The standard InChI is InChI=1S/C25H30N2O4S/c1-6-13-27-19-12-11-17(7-2)14-22(19)32-25(27)26-24(28)18-15-20(29-8-3)23(31-10-5)21(16-18)30-9-4/h6,11-12,14-16H,1,7-10,13H2,2-5H3. The van der Waals surface area contributed by atoms with Crippen molar-refractivity contribution < 1.29 is 19.0 Å². The van der Waals surface area contributed by atoms with Crippen molar-refractivity contribution in [3.8, 4) is 17.2 Å². The second-order valence-electron chi connectivity index (χ2n) is 6.96. The van der Waals surface area contributed by atoms with Crippen LogP contribution >= 0.6 is 11.3 Å². The summed E-state index contributed by atoms with van der Waals surface area (Å²) in [5, 5.41) is 0. The first-order chi connectivity index (χ1) is 15.6. The van der Waals surface area contributed by atoms with Gasteiger partial charge < -0.3 is 18.8 Å². The molecule has 0 aliphatic heterocycles. The molecule has 170 valence electrons. The van der Waals surface area contributed by atoms with E-state index in [-0.39, 0.29) is 5.91 Å². The molecule has 32 heavy (non-hydrogen) atoms. The minimum atomic E-state index is -0.366. The molecule has 6 nitrogen and oxygen atoms in total. The number of nitrogens with zero attached hydrogens (tertiary/aromatic N) is 2. The monoisotopic (exact) mass is 454 g/mol. The van der Waals surface area contributed by atoms with Crippen LogP contribution in [0, 0.1) is 0 Å². The van der Waals surface area contributed by atoms with Crippen LogP contribution in [0.5, 0.6) is 17.2 Å². The maximum Gasteiger partial charge on any atom is 0.279 e. The smallest absolute Gasteiger partial charge is 0.279 e. The number of hydrogen-bond donors (Lipinski definition) is 0. The largest absolute Gasteiger partial charge is 0.490 e. The lowest BCUT2D eigenvalue weighted by molar-refractivity contribution is 0.0996. The minimum absolute atomic E-state index is 0.366. The second-order valence-corrected chi connectivity index (χ2v) is 7.97. The van der Waals surface area contributed by atoms with Crippen molar-refractivity contribution in [1.29, 1.82) is 0 Å². The summed E-state index contributed by atoms with van der Waals surface area (Å²) in [6.45, 7) is 13.5. The van der Waals surface area contributed by atoms with E-state index in [1.165, 1.54) is 16.9 Å². The lowest BCUT2D eigenvalue weighted by atomic mass is 10.1. The maximum atomic E-state index is 13.2. The molecular formula is C25H30N2O4S. The van der Waals surface area contributed by atoms with Gasteiger partial charge in [0.05, 0.1) is 30.0 Å². The number of benzene rings is 2. The molecule has 7 heteroatoms. The minimum Gasteiger partial charge on any atom is -0.490 e. The summed E-state index contributed by atoms with van der Waals surface area (Å²) in [5.41, 5.74) is 2.67. The van der Waals surface area contributed by atoms with Gasteiger partial charge in [0.15, 0.2) is 16.3 Å². The van der Waals surface area contributed by atoms with Crippen LogP contribution in [0.25, 0.3) is 10.2 Å². The van der Waals surface area contributed by atoms with E-state index in [1.54, 1.807) is 18.2 Å². The fraction of sp³-hybridized carbons (Fsp3) is 0.360. The molecule has 0 atom stereocenters. The molecule has 3 rings (SSSR count). The number of aryl methyl sites for hydroxylation is 1. The highest BCUT2D eigenvalue weighted by Gasteiger charge is 2.18. The zero-order valence-corrected chi connectivity index (χ0v) is 20.0. The van der Waals surface area contributed by atoms with E-state index in [4.69, 9.17) is 14.2 Å². The number of thiazole rings is 1. The molecule has 0 unspecified atom stereocenters. The predicted octanol–water partition coefficient (Wildman–Crippen LogP) is 5.39. The van der Waals surface area contributed by atoms with Gasteiger partial charge >= 0.3 is 0 Å². The van der Waals surface area contributed by atoms with Gasteiger partial charge in [0, 0.05) is 12.1 Å². The normalized spacial score (nSPS) is 11.6. The number of rotatable bonds is 10. The first-order valence-electron chi connectivity index (χ1n) is 10.9. The highest BCUT2D eigenvalue weighted by Crippen LogP contribution is 2.39. The first-order valence-corrected chi connectivity index (χ1v) is 11.8. The Morgan fingerprint density at radius 2 is 1.69 bits per heavy atom. The second kappa shape index (κ2) is 11.0. The molecule has 0 fully saturated rings. The quantitative estimate of drug-likeness (QED) is 0.386. The Bertz CT molecular complexity index is 1150. The molecule has 1 amide bonds. The molecule has 2 aromatic carbocycles. The van der Waals surface area contributed by atoms with Crippen LogP contribution in [-0.2, 0) is 13.0 Å². The Hall–Kier alpha value is -3.06. The van der Waals surface area contributed by atoms with Gasteiger partial charge in [0.2, 0.25) is 5.75 Å². The van der Waals surface area contributed by atoms with Crippen molar-refractivity contribution in [3.63, 3.8) is 0 Å². The van der Waals surface area contributed by atoms with Gasteiger partial charge in [-0.2, -0.15) is 4.99 Å². The molecule has 0 saturated carbocycles. The molecule has 3 aromatic rings. The number of carbonyl (C=O) groups excluding carboxylic acids is 1. The fourth-order valence-electron chi connectivity index (χ4n) is 3.39. The lowest BCUT2D eigenvalue weighted by Crippen LogP contribution is -2.16. The van der Waals surface area contributed by atoms with E-state index in [1.807, 2.05) is 25.3 Å². The molecule has 0 aliphatic carbocycles. The van der Waals surface area contributed by atoms with Gasteiger partial charge in [0.1, 0.15) is 0 Å². The SMILES string of the molecule is C=CCn1c(=NC(=O)c2cc(OCC)c(OCC)c(OCC)c2)sc2cc(CC)ccc21. The zero-order chi connectivity index (χ0) is 23.1. The van der Waals surface area contributed by atoms with Crippen LogP contribution in [0.1, 0.15) is 43.6 Å². The van der Waals surface area contributed by atoms with Gasteiger partial charge in [0.25, 0.3) is 5.91 Å². The Kier molecular flexibility index (Phi) is 8.11. The summed E-state index contributed by atoms with van der Waals surface area (Å²) in [6, 6.07) is 9.68. The highest BCUT2D eigenvalue weighted by molar-refractivity contribution is 7.16. The van der Waals surface area contributed by atoms with Crippen LogP contribution in [-0.4, -0.2) is 30.3 Å². The van der Waals surface area contributed by atoms with Crippen LogP contribution in [0.15, 0.2) is 48.0 Å². The number of ether oxygens (including phenoxy) is 3. The summed E-state index contributed by atoms with van der Waals surface area (Å²) in [4.78, 5) is 18.3. The third-order valence-corrected chi connectivity index (χ3v) is 5.86. The molecule has 0 spiro atoms. The van der Waals surface area contributed by atoms with Crippen molar-refractivity contribution >= 4 is 27.5 Å². The van der Waals surface area contributed by atoms with E-state index in [0.717, 1.165) is 16.6 Å². The maximum absolute atomic E-state index is 13.2. The third-order valence-electron chi connectivity index (χ3n) is 4.82. The summed E-state index contributed by atoms with van der Waals surface area (Å²) in [7, 11) is 0. The van der Waals surface area contributed by atoms with E-state index in [9.17, 15) is 4.79 Å². The number of amides is 1. The Morgan fingerprint density at radius 3 is 2.25 bits per heavy atom. The van der Waals surface area contributed by atoms with Crippen molar-refractivity contribution in [2.24, 2.45) is 4.99 Å². The van der Waals surface area contributed by atoms with Crippen LogP contribution < -0.4 is 19.0 Å². The van der Waals surface area contributed by atoms with Crippen LogP contribution in [0.4, 0.5) is 0 Å². The van der Waals surface area contributed by atoms with Gasteiger partial charge in [-0.3, -0.25) is 4.79 Å². The average Bonchev–Trinajstić information content (AvgIpc) is 3.12. The number of hydrogen-bond acceptors (Lipinski definition) is 5. The summed E-state index contributed by atoms with van der Waals surface area (Å²) < 4.78 is 20.3. The topological polar surface area (TPSA) is 62.1 Å². The molecular weight excluding hydrogens is 424 g/mol. The number of allylic oxidation sites excluding steroid dienone is 1. The van der Waals surface area contributed by atoms with Gasteiger partial charge in [-0.05, 0) is 57.0 Å². The van der Waals surface area contributed by atoms with Gasteiger partial charge in [-0.1, -0.05) is 30.4 Å². The van der Waals surface area contributed by atoms with E-state index >= 15 is 0 Å². The molecule has 1 aromatic heterocycles. The molecule has 0 bridgehead atoms. The molecule has 0 saturated heterocycles. The van der Waals surface area contributed by atoms with E-state index in [2.05, 4.69) is 36.7 Å². The summed E-state index contributed by atoms with van der Waals surface area (Å²) in [6.07, 6.45) is 2.76. The molecule has 0 aliphatic rings. The lowest BCUT2D eigenvalue weighted by Gasteiger charge is -2.16. The van der Waals surface area contributed by atoms with Gasteiger partial charge in [-0.15, -0.1) is 6.58 Å². The van der Waals surface area contributed by atoms with Crippen molar-refractivity contribution in [2.75, 3.05) is 19.8 Å². The van der Waals surface area contributed by atoms with Gasteiger partial charge in [-0.25, -0.2) is 0 Å². The Labute approximate surface area is 192 Å². The Morgan fingerprint density at radius 1 is 1.03 bits per heavy atom. The van der Waals surface area contributed by atoms with E-state index in [0.29, 0.717) is 54.0 Å². The third kappa shape index (κ3) is 5.05. The summed E-state index contributed by atoms with van der Waals surface area (Å²) >= 11 is 1.50. The Balaban J connectivity index is 2.13. The highest BCUT2D eigenvalue weighted by atomic mass is 32.1. The molecule has 0 N–H and O–H groups in total. The fourth-order valence-corrected chi connectivity index (χ4v) is 4.49. The molecule has 1 heterocycles. The molecule has 0 radical (unpaired) electrons. The van der Waals surface area contributed by atoms with Crippen molar-refractivity contribution in [2.45, 2.75) is 40.7 Å². The number of fused-ring (bicyclic) bond motifs is 1.